The van der Waals surface area contributed by atoms with E-state index in [1.54, 1.807) is 11.8 Å². The molecule has 166 valence electrons. The molecule has 0 atom stereocenters. The van der Waals surface area contributed by atoms with Crippen LogP contribution in [0.25, 0.3) is 22.1 Å². The van der Waals surface area contributed by atoms with Gasteiger partial charge in [0.1, 0.15) is 5.52 Å². The van der Waals surface area contributed by atoms with Gasteiger partial charge < -0.3 is 4.57 Å². The second kappa shape index (κ2) is 10.6. The summed E-state index contributed by atoms with van der Waals surface area (Å²) in [5, 5.41) is 10.6. The number of carbonyl (C=O) groups is 1. The molecule has 8 heteroatoms. The molecule has 0 fully saturated rings. The number of aromatic nitrogens is 4. The maximum Gasteiger partial charge on any atom is 0.243 e. The summed E-state index contributed by atoms with van der Waals surface area (Å²) in [5.74, 6) is 0.740. The molecular formula is C24H27N5O2S. The quantitative estimate of drug-likeness (QED) is 0.215. The van der Waals surface area contributed by atoms with E-state index in [1.165, 1.54) is 11.1 Å². The number of rotatable bonds is 10. The minimum absolute atomic E-state index is 0.0862. The van der Waals surface area contributed by atoms with Gasteiger partial charge >= 0.3 is 0 Å². The molecule has 0 saturated carbocycles. The number of hydroxylamine groups is 1. The zero-order chi connectivity index (χ0) is 22.3. The lowest BCUT2D eigenvalue weighted by Crippen LogP contribution is -2.23. The molecule has 2 heterocycles. The second-order valence-electron chi connectivity index (χ2n) is 7.62. The van der Waals surface area contributed by atoms with Crippen LogP contribution in [0.4, 0.5) is 0 Å². The molecular weight excluding hydrogens is 422 g/mol. The first-order valence-electron chi connectivity index (χ1n) is 10.9. The molecule has 0 radical (unpaired) electrons. The average Bonchev–Trinajstić information content (AvgIpc) is 3.10. The summed E-state index contributed by atoms with van der Waals surface area (Å²) in [4.78, 5) is 21.4. The van der Waals surface area contributed by atoms with E-state index in [0.29, 0.717) is 18.2 Å². The van der Waals surface area contributed by atoms with Gasteiger partial charge in [-0.25, -0.2) is 10.5 Å². The number of nitrogens with zero attached hydrogens (tertiary/aromatic N) is 4. The largest absolute Gasteiger partial charge is 0.319 e. The molecule has 7 nitrogen and oxygen atoms in total. The number of thioether (sulfide) groups is 1. The summed E-state index contributed by atoms with van der Waals surface area (Å²) >= 11 is 1.57. The van der Waals surface area contributed by atoms with Crippen LogP contribution in [0.1, 0.15) is 37.3 Å². The number of unbranched alkanes of at least 4 members (excludes halogenated alkanes) is 1. The first kappa shape index (κ1) is 22.2. The molecule has 0 spiro atoms. The lowest BCUT2D eigenvalue weighted by atomic mass is 10.1. The number of fused-ring (bicyclic) bond motifs is 3. The molecule has 0 unspecified atom stereocenters. The smallest absolute Gasteiger partial charge is 0.243 e. The highest BCUT2D eigenvalue weighted by molar-refractivity contribution is 7.99. The van der Waals surface area contributed by atoms with Crippen LogP contribution in [0.2, 0.25) is 0 Å². The number of hydrogen-bond acceptors (Lipinski definition) is 6. The SMILES string of the molecule is CCONC(=O)CCCCSc1nnc2c3ccccc3n(Cc3cccc(C)c3)c2n1. The van der Waals surface area contributed by atoms with E-state index >= 15 is 0 Å². The Labute approximate surface area is 191 Å². The van der Waals surface area contributed by atoms with E-state index < -0.39 is 0 Å². The van der Waals surface area contributed by atoms with Crippen molar-refractivity contribution in [1.29, 1.82) is 0 Å². The Morgan fingerprint density at radius 1 is 1.12 bits per heavy atom. The van der Waals surface area contributed by atoms with E-state index in [1.807, 2.05) is 19.1 Å². The monoisotopic (exact) mass is 449 g/mol. The van der Waals surface area contributed by atoms with Crippen molar-refractivity contribution < 1.29 is 9.63 Å². The van der Waals surface area contributed by atoms with Crippen molar-refractivity contribution >= 4 is 39.7 Å². The van der Waals surface area contributed by atoms with Gasteiger partial charge in [0.2, 0.25) is 11.1 Å². The third-order valence-corrected chi connectivity index (χ3v) is 6.06. The summed E-state index contributed by atoms with van der Waals surface area (Å²) in [5.41, 5.74) is 7.66. The lowest BCUT2D eigenvalue weighted by Gasteiger charge is -2.08. The van der Waals surface area contributed by atoms with Gasteiger partial charge in [-0.2, -0.15) is 0 Å². The Hall–Kier alpha value is -2.97. The van der Waals surface area contributed by atoms with Gasteiger partial charge in [-0.3, -0.25) is 9.63 Å². The Kier molecular flexibility index (Phi) is 7.34. The first-order valence-corrected chi connectivity index (χ1v) is 11.8. The van der Waals surface area contributed by atoms with Crippen molar-refractivity contribution in [3.05, 3.63) is 59.7 Å². The van der Waals surface area contributed by atoms with Gasteiger partial charge in [0.05, 0.1) is 12.1 Å². The predicted molar refractivity (Wildman–Crippen MR) is 127 cm³/mol. The van der Waals surface area contributed by atoms with Crippen LogP contribution in [0.3, 0.4) is 0 Å². The fourth-order valence-corrected chi connectivity index (χ4v) is 4.44. The Balaban J connectivity index is 1.50. The molecule has 0 aliphatic heterocycles. The van der Waals surface area contributed by atoms with E-state index in [9.17, 15) is 4.79 Å². The third kappa shape index (κ3) is 5.26. The molecule has 32 heavy (non-hydrogen) atoms. The Morgan fingerprint density at radius 2 is 2.00 bits per heavy atom. The van der Waals surface area contributed by atoms with Gasteiger partial charge in [0, 0.05) is 24.1 Å². The van der Waals surface area contributed by atoms with E-state index in [2.05, 4.69) is 63.6 Å². The van der Waals surface area contributed by atoms with Crippen LogP contribution in [0.5, 0.6) is 0 Å². The van der Waals surface area contributed by atoms with Gasteiger partial charge in [0.15, 0.2) is 5.65 Å². The van der Waals surface area contributed by atoms with Crippen molar-refractivity contribution in [1.82, 2.24) is 25.2 Å². The van der Waals surface area contributed by atoms with Crippen LogP contribution < -0.4 is 5.48 Å². The summed E-state index contributed by atoms with van der Waals surface area (Å²) in [6, 6.07) is 16.8. The van der Waals surface area contributed by atoms with E-state index in [0.717, 1.165) is 47.2 Å². The van der Waals surface area contributed by atoms with Crippen LogP contribution in [-0.2, 0) is 16.2 Å². The third-order valence-electron chi connectivity index (χ3n) is 5.14. The summed E-state index contributed by atoms with van der Waals surface area (Å²) in [7, 11) is 0. The summed E-state index contributed by atoms with van der Waals surface area (Å²) < 4.78 is 2.22. The van der Waals surface area contributed by atoms with Gasteiger partial charge in [-0.05, 0) is 38.3 Å². The fourth-order valence-electron chi connectivity index (χ4n) is 3.66. The molecule has 2 aromatic carbocycles. The Morgan fingerprint density at radius 3 is 2.84 bits per heavy atom. The summed E-state index contributed by atoms with van der Waals surface area (Å²) in [6.07, 6.45) is 2.12. The predicted octanol–water partition coefficient (Wildman–Crippen LogP) is 4.67. The molecule has 0 aliphatic carbocycles. The maximum absolute atomic E-state index is 11.6. The lowest BCUT2D eigenvalue weighted by molar-refractivity contribution is -0.133. The number of hydrogen-bond donors (Lipinski definition) is 1. The standard InChI is InChI=1S/C24H27N5O2S/c1-3-31-28-21(30)13-6-7-14-32-24-25-23-22(26-27-24)19-11-4-5-12-20(19)29(23)16-18-10-8-9-17(2)15-18/h4-5,8-12,15H,3,6-7,13-14,16H2,1-2H3,(H,28,30). The van der Waals surface area contributed by atoms with E-state index in [4.69, 9.17) is 9.82 Å². The maximum atomic E-state index is 11.6. The van der Waals surface area contributed by atoms with Gasteiger partial charge in [-0.1, -0.05) is 59.8 Å². The number of para-hydroxylation sites is 1. The second-order valence-corrected chi connectivity index (χ2v) is 8.68. The Bertz CT molecular complexity index is 1220. The van der Waals surface area contributed by atoms with Crippen molar-refractivity contribution in [2.75, 3.05) is 12.4 Å². The molecule has 0 aliphatic rings. The number of amides is 1. The van der Waals surface area contributed by atoms with Crippen LogP contribution in [0, 0.1) is 6.92 Å². The normalized spacial score (nSPS) is 11.3. The molecule has 2 aromatic heterocycles. The number of aryl methyl sites for hydroxylation is 1. The van der Waals surface area contributed by atoms with Crippen molar-refractivity contribution in [3.8, 4) is 0 Å². The van der Waals surface area contributed by atoms with Gasteiger partial charge in [0.25, 0.3) is 0 Å². The highest BCUT2D eigenvalue weighted by atomic mass is 32.2. The van der Waals surface area contributed by atoms with Crippen LogP contribution in [-0.4, -0.2) is 38.0 Å². The molecule has 1 N–H and O–H groups in total. The zero-order valence-electron chi connectivity index (χ0n) is 18.4. The number of benzene rings is 2. The van der Waals surface area contributed by atoms with E-state index in [-0.39, 0.29) is 5.91 Å². The summed E-state index contributed by atoms with van der Waals surface area (Å²) in [6.45, 7) is 5.13. The minimum atomic E-state index is -0.0862. The van der Waals surface area contributed by atoms with Crippen molar-refractivity contribution in [2.24, 2.45) is 0 Å². The van der Waals surface area contributed by atoms with Crippen LogP contribution >= 0.6 is 11.8 Å². The molecule has 4 rings (SSSR count). The molecule has 1 amide bonds. The first-order chi connectivity index (χ1) is 15.7. The highest BCUT2D eigenvalue weighted by Gasteiger charge is 2.15. The van der Waals surface area contributed by atoms with Gasteiger partial charge in [-0.15, -0.1) is 10.2 Å². The molecule has 0 saturated heterocycles. The van der Waals surface area contributed by atoms with Crippen LogP contribution in [0.15, 0.2) is 53.7 Å². The highest BCUT2D eigenvalue weighted by Crippen LogP contribution is 2.28. The number of carbonyl (C=O) groups excluding carboxylic acids is 1. The zero-order valence-corrected chi connectivity index (χ0v) is 19.2. The fraction of sp³-hybridized carbons (Fsp3) is 0.333. The van der Waals surface area contributed by atoms with Crippen molar-refractivity contribution in [3.63, 3.8) is 0 Å². The van der Waals surface area contributed by atoms with Crippen molar-refractivity contribution in [2.45, 2.75) is 44.8 Å². The minimum Gasteiger partial charge on any atom is -0.319 e. The topological polar surface area (TPSA) is 81.9 Å². The number of nitrogens with one attached hydrogen (secondary N) is 1. The average molecular weight is 450 g/mol. The molecule has 0 bridgehead atoms. The molecule has 4 aromatic rings.